The third kappa shape index (κ3) is 5.14. The molecule has 2 amide bonds. The lowest BCUT2D eigenvalue weighted by Crippen LogP contribution is -2.47. The number of aromatic nitrogens is 1. The van der Waals surface area contributed by atoms with Gasteiger partial charge in [-0.2, -0.15) is 0 Å². The van der Waals surface area contributed by atoms with Crippen molar-refractivity contribution in [1.82, 2.24) is 15.2 Å². The van der Waals surface area contributed by atoms with Crippen molar-refractivity contribution in [1.29, 1.82) is 0 Å². The van der Waals surface area contributed by atoms with Gasteiger partial charge in [-0.3, -0.25) is 4.79 Å². The third-order valence-electron chi connectivity index (χ3n) is 3.56. The van der Waals surface area contributed by atoms with E-state index >= 15 is 0 Å². The zero-order valence-corrected chi connectivity index (χ0v) is 13.9. The maximum absolute atomic E-state index is 12.0. The van der Waals surface area contributed by atoms with E-state index in [1.54, 1.807) is 6.07 Å². The first-order valence-corrected chi connectivity index (χ1v) is 8.03. The highest BCUT2D eigenvalue weighted by atomic mass is 35.5. The van der Waals surface area contributed by atoms with E-state index in [1.807, 2.05) is 0 Å². The fourth-order valence-electron chi connectivity index (χ4n) is 2.37. The van der Waals surface area contributed by atoms with Gasteiger partial charge in [-0.05, 0) is 18.9 Å². The molecular weight excluding hydrogens is 343 g/mol. The number of rotatable bonds is 5. The molecule has 23 heavy (non-hydrogen) atoms. The van der Waals surface area contributed by atoms with E-state index < -0.39 is 11.9 Å². The van der Waals surface area contributed by atoms with Crippen molar-refractivity contribution in [2.75, 3.05) is 31.5 Å². The number of amides is 2. The second kappa shape index (κ2) is 8.21. The van der Waals surface area contributed by atoms with Crippen molar-refractivity contribution >= 4 is 41.0 Å². The number of pyridine rings is 1. The number of hydrogen-bond donors (Lipinski definition) is 3. The smallest absolute Gasteiger partial charge is 0.317 e. The zero-order chi connectivity index (χ0) is 16.8. The van der Waals surface area contributed by atoms with E-state index in [9.17, 15) is 9.59 Å². The standard InChI is InChI=1S/C14H18Cl2N4O3/c15-10-6-11(16)12(19-7-10)17-3-4-18-14(23)20-5-1-2-9(8-20)13(21)22/h6-7,9H,1-5,8H2,(H,17,19)(H,18,23)(H,21,22). The normalized spacial score (nSPS) is 17.7. The summed E-state index contributed by atoms with van der Waals surface area (Å²) >= 11 is 11.7. The molecule has 0 radical (unpaired) electrons. The van der Waals surface area contributed by atoms with Gasteiger partial charge in [0.25, 0.3) is 0 Å². The summed E-state index contributed by atoms with van der Waals surface area (Å²) in [5.74, 6) is -0.841. The minimum Gasteiger partial charge on any atom is -0.481 e. The Morgan fingerprint density at radius 3 is 2.87 bits per heavy atom. The molecule has 1 saturated heterocycles. The van der Waals surface area contributed by atoms with Crippen LogP contribution in [-0.2, 0) is 4.79 Å². The van der Waals surface area contributed by atoms with Gasteiger partial charge in [0, 0.05) is 32.4 Å². The molecule has 1 atom stereocenters. The molecule has 2 rings (SSSR count). The van der Waals surface area contributed by atoms with Crippen LogP contribution in [0.5, 0.6) is 0 Å². The van der Waals surface area contributed by atoms with Crippen LogP contribution < -0.4 is 10.6 Å². The highest BCUT2D eigenvalue weighted by Crippen LogP contribution is 2.22. The van der Waals surface area contributed by atoms with Crippen molar-refractivity contribution in [2.24, 2.45) is 5.92 Å². The molecule has 3 N–H and O–H groups in total. The quantitative estimate of drug-likeness (QED) is 0.700. The second-order valence-electron chi connectivity index (χ2n) is 5.27. The van der Waals surface area contributed by atoms with Crippen molar-refractivity contribution in [3.05, 3.63) is 22.3 Å². The number of piperidine rings is 1. The number of carboxylic acid groups (broad SMARTS) is 1. The first-order valence-electron chi connectivity index (χ1n) is 7.28. The van der Waals surface area contributed by atoms with Crippen LogP contribution in [0.2, 0.25) is 10.0 Å². The molecule has 2 heterocycles. The maximum atomic E-state index is 12.0. The van der Waals surface area contributed by atoms with E-state index in [0.29, 0.717) is 48.3 Å². The van der Waals surface area contributed by atoms with Crippen LogP contribution in [0, 0.1) is 5.92 Å². The van der Waals surface area contributed by atoms with Crippen molar-refractivity contribution in [3.8, 4) is 0 Å². The molecule has 1 aliphatic rings. The first-order chi connectivity index (χ1) is 11.0. The van der Waals surface area contributed by atoms with Gasteiger partial charge >= 0.3 is 12.0 Å². The van der Waals surface area contributed by atoms with E-state index in [2.05, 4.69) is 15.6 Å². The van der Waals surface area contributed by atoms with Gasteiger partial charge in [0.05, 0.1) is 16.0 Å². The molecule has 0 aromatic carbocycles. The molecule has 0 bridgehead atoms. The third-order valence-corrected chi connectivity index (χ3v) is 4.05. The van der Waals surface area contributed by atoms with E-state index in [-0.39, 0.29) is 12.6 Å². The molecule has 1 fully saturated rings. The average molecular weight is 361 g/mol. The Morgan fingerprint density at radius 2 is 2.17 bits per heavy atom. The molecule has 1 aliphatic heterocycles. The molecule has 1 unspecified atom stereocenters. The summed E-state index contributed by atoms with van der Waals surface area (Å²) < 4.78 is 0. The van der Waals surface area contributed by atoms with E-state index in [0.717, 1.165) is 0 Å². The predicted octanol–water partition coefficient (Wildman–Crippen LogP) is 2.31. The molecule has 7 nitrogen and oxygen atoms in total. The fraction of sp³-hybridized carbons (Fsp3) is 0.500. The molecule has 9 heteroatoms. The monoisotopic (exact) mass is 360 g/mol. The largest absolute Gasteiger partial charge is 0.481 e. The second-order valence-corrected chi connectivity index (χ2v) is 6.11. The summed E-state index contributed by atoms with van der Waals surface area (Å²) in [5, 5.41) is 15.6. The molecule has 1 aromatic rings. The Balaban J connectivity index is 1.73. The van der Waals surface area contributed by atoms with Crippen LogP contribution in [0.15, 0.2) is 12.3 Å². The number of carboxylic acids is 1. The Labute approximate surface area is 144 Å². The maximum Gasteiger partial charge on any atom is 0.317 e. The predicted molar refractivity (Wildman–Crippen MR) is 88.1 cm³/mol. The minimum absolute atomic E-state index is 0.249. The Hall–Kier alpha value is -1.73. The lowest BCUT2D eigenvalue weighted by molar-refractivity contribution is -0.143. The molecule has 0 spiro atoms. The van der Waals surface area contributed by atoms with Crippen LogP contribution in [0.3, 0.4) is 0 Å². The first kappa shape index (κ1) is 17.6. The van der Waals surface area contributed by atoms with Crippen LogP contribution in [0.4, 0.5) is 10.6 Å². The van der Waals surface area contributed by atoms with Crippen molar-refractivity contribution < 1.29 is 14.7 Å². The number of halogens is 2. The SMILES string of the molecule is O=C(O)C1CCCN(C(=O)NCCNc2ncc(Cl)cc2Cl)C1. The van der Waals surface area contributed by atoms with Crippen LogP contribution in [0.25, 0.3) is 0 Å². The number of hydrogen-bond acceptors (Lipinski definition) is 4. The average Bonchev–Trinajstić information content (AvgIpc) is 2.53. The summed E-state index contributed by atoms with van der Waals surface area (Å²) in [4.78, 5) is 28.6. The van der Waals surface area contributed by atoms with Gasteiger partial charge in [0.1, 0.15) is 5.82 Å². The Bertz CT molecular complexity index is 585. The van der Waals surface area contributed by atoms with Gasteiger partial charge in [-0.25, -0.2) is 9.78 Å². The highest BCUT2D eigenvalue weighted by Gasteiger charge is 2.27. The lowest BCUT2D eigenvalue weighted by Gasteiger charge is -2.30. The number of carbonyl (C=O) groups excluding carboxylic acids is 1. The summed E-state index contributed by atoms with van der Waals surface area (Å²) in [6, 6.07) is 1.32. The van der Waals surface area contributed by atoms with Crippen LogP contribution >= 0.6 is 23.2 Å². The Morgan fingerprint density at radius 1 is 1.39 bits per heavy atom. The van der Waals surface area contributed by atoms with Gasteiger partial charge < -0.3 is 20.6 Å². The highest BCUT2D eigenvalue weighted by molar-refractivity contribution is 6.35. The number of anilines is 1. The molecule has 1 aromatic heterocycles. The zero-order valence-electron chi connectivity index (χ0n) is 12.4. The topological polar surface area (TPSA) is 94.6 Å². The van der Waals surface area contributed by atoms with E-state index in [1.165, 1.54) is 11.1 Å². The molecule has 0 aliphatic carbocycles. The van der Waals surface area contributed by atoms with E-state index in [4.69, 9.17) is 28.3 Å². The number of nitrogens with one attached hydrogen (secondary N) is 2. The summed E-state index contributed by atoms with van der Waals surface area (Å²) in [6.45, 7) is 1.64. The molecular formula is C14H18Cl2N4O3. The van der Waals surface area contributed by atoms with Crippen molar-refractivity contribution in [3.63, 3.8) is 0 Å². The minimum atomic E-state index is -0.854. The lowest BCUT2D eigenvalue weighted by atomic mass is 9.99. The van der Waals surface area contributed by atoms with Gasteiger partial charge in [-0.1, -0.05) is 23.2 Å². The summed E-state index contributed by atoms with van der Waals surface area (Å²) in [6.07, 6.45) is 2.79. The van der Waals surface area contributed by atoms with Gasteiger partial charge in [0.2, 0.25) is 0 Å². The fourth-order valence-corrected chi connectivity index (χ4v) is 2.82. The molecule has 126 valence electrons. The summed E-state index contributed by atoms with van der Waals surface area (Å²) in [5.41, 5.74) is 0. The van der Waals surface area contributed by atoms with Crippen LogP contribution in [0.1, 0.15) is 12.8 Å². The van der Waals surface area contributed by atoms with Gasteiger partial charge in [0.15, 0.2) is 0 Å². The summed E-state index contributed by atoms with van der Waals surface area (Å²) in [7, 11) is 0. The van der Waals surface area contributed by atoms with Crippen molar-refractivity contribution in [2.45, 2.75) is 12.8 Å². The van der Waals surface area contributed by atoms with Crippen LogP contribution in [-0.4, -0.2) is 53.2 Å². The molecule has 0 saturated carbocycles. The number of nitrogens with zero attached hydrogens (tertiary/aromatic N) is 2. The Kier molecular flexibility index (Phi) is 6.29. The number of urea groups is 1. The number of carbonyl (C=O) groups is 2. The van der Waals surface area contributed by atoms with Gasteiger partial charge in [-0.15, -0.1) is 0 Å². The number of likely N-dealkylation sites (tertiary alicyclic amines) is 1. The number of aliphatic carboxylic acids is 1.